The molecule has 2 heterocycles. The molecule has 2 aromatic carbocycles. The van der Waals surface area contributed by atoms with E-state index in [0.717, 1.165) is 29.8 Å². The Balaban J connectivity index is 1.41. The molecule has 1 amide bonds. The van der Waals surface area contributed by atoms with E-state index >= 15 is 0 Å². The summed E-state index contributed by atoms with van der Waals surface area (Å²) in [5.74, 6) is 0.107. The van der Waals surface area contributed by atoms with Gasteiger partial charge in [-0.1, -0.05) is 36.8 Å². The lowest BCUT2D eigenvalue weighted by Crippen LogP contribution is -2.63. The molecule has 0 spiro atoms. The molecule has 2 saturated heterocycles. The molecular formula is C23H25N3O. The minimum absolute atomic E-state index is 0.107. The molecule has 2 aliphatic rings. The molecule has 2 aromatic rings. The Bertz CT molecular complexity index is 862. The van der Waals surface area contributed by atoms with Crippen LogP contribution < -0.4 is 0 Å². The molecule has 4 rings (SSSR count). The summed E-state index contributed by atoms with van der Waals surface area (Å²) in [5.41, 5.74) is 3.24. The number of nitriles is 1. The minimum atomic E-state index is 0.107. The number of piperidine rings is 1. The van der Waals surface area contributed by atoms with Crippen molar-refractivity contribution < 1.29 is 4.79 Å². The topological polar surface area (TPSA) is 47.3 Å². The molecule has 0 bridgehead atoms. The van der Waals surface area contributed by atoms with Crippen molar-refractivity contribution in [1.29, 1.82) is 5.26 Å². The first-order valence-corrected chi connectivity index (χ1v) is 9.82. The van der Waals surface area contributed by atoms with Crippen LogP contribution in [-0.2, 0) is 0 Å². The summed E-state index contributed by atoms with van der Waals surface area (Å²) in [4.78, 5) is 17.3. The highest BCUT2D eigenvalue weighted by atomic mass is 16.2. The number of benzene rings is 2. The normalized spacial score (nSPS) is 20.7. The van der Waals surface area contributed by atoms with Crippen molar-refractivity contribution in [3.8, 4) is 17.2 Å². The molecule has 0 N–H and O–H groups in total. The lowest BCUT2D eigenvalue weighted by atomic mass is 9.96. The molecule has 4 heteroatoms. The summed E-state index contributed by atoms with van der Waals surface area (Å²) in [7, 11) is 0. The van der Waals surface area contributed by atoms with E-state index in [0.29, 0.717) is 17.6 Å². The molecule has 138 valence electrons. The third-order valence-electron chi connectivity index (χ3n) is 5.96. The summed E-state index contributed by atoms with van der Waals surface area (Å²) in [6.07, 6.45) is 3.88. The number of carbonyl (C=O) groups is 1. The fraction of sp³-hybridized carbons (Fsp3) is 0.391. The van der Waals surface area contributed by atoms with Crippen LogP contribution in [0.15, 0.2) is 48.5 Å². The van der Waals surface area contributed by atoms with Gasteiger partial charge in [0.2, 0.25) is 0 Å². The van der Waals surface area contributed by atoms with Gasteiger partial charge < -0.3 is 4.90 Å². The maximum Gasteiger partial charge on any atom is 0.253 e. The SMILES string of the molecule is C[C@H]1CCCCN1C1CN(C(=O)c2ccc(-c3ccccc3C#N)cc2)C1. The molecule has 0 aromatic heterocycles. The highest BCUT2D eigenvalue weighted by Crippen LogP contribution is 2.27. The fourth-order valence-electron chi connectivity index (χ4n) is 4.30. The Hall–Kier alpha value is -2.64. The Morgan fingerprint density at radius 2 is 1.81 bits per heavy atom. The molecule has 2 aliphatic heterocycles. The van der Waals surface area contributed by atoms with E-state index in [1.165, 1.54) is 25.8 Å². The summed E-state index contributed by atoms with van der Waals surface area (Å²) >= 11 is 0. The number of rotatable bonds is 3. The molecular weight excluding hydrogens is 334 g/mol. The number of hydrogen-bond donors (Lipinski definition) is 0. The van der Waals surface area contributed by atoms with Gasteiger partial charge in [-0.15, -0.1) is 0 Å². The average Bonchev–Trinajstić information content (AvgIpc) is 2.68. The van der Waals surface area contributed by atoms with E-state index in [2.05, 4.69) is 17.9 Å². The van der Waals surface area contributed by atoms with Crippen LogP contribution in [0.1, 0.15) is 42.1 Å². The van der Waals surface area contributed by atoms with Crippen molar-refractivity contribution in [2.24, 2.45) is 0 Å². The maximum absolute atomic E-state index is 12.8. The van der Waals surface area contributed by atoms with Crippen molar-refractivity contribution in [1.82, 2.24) is 9.80 Å². The lowest BCUT2D eigenvalue weighted by Gasteiger charge is -2.49. The Morgan fingerprint density at radius 1 is 1.07 bits per heavy atom. The zero-order valence-corrected chi connectivity index (χ0v) is 15.8. The first kappa shape index (κ1) is 17.8. The van der Waals surface area contributed by atoms with Crippen molar-refractivity contribution >= 4 is 5.91 Å². The van der Waals surface area contributed by atoms with Gasteiger partial charge in [-0.2, -0.15) is 5.26 Å². The smallest absolute Gasteiger partial charge is 0.253 e. The lowest BCUT2D eigenvalue weighted by molar-refractivity contribution is 0.00213. The standard InChI is InChI=1S/C23H25N3O/c1-17-6-4-5-13-26(17)21-15-25(16-21)23(27)19-11-9-18(10-12-19)22-8-3-2-7-20(22)14-24/h2-3,7-12,17,21H,4-6,13,15-16H2,1H3/t17-/m0/s1. The van der Waals surface area contributed by atoms with Crippen molar-refractivity contribution in [2.45, 2.75) is 38.3 Å². The maximum atomic E-state index is 12.8. The predicted molar refractivity (Wildman–Crippen MR) is 106 cm³/mol. The van der Waals surface area contributed by atoms with Crippen LogP contribution in [0, 0.1) is 11.3 Å². The van der Waals surface area contributed by atoms with E-state index in [1.54, 1.807) is 0 Å². The zero-order valence-electron chi connectivity index (χ0n) is 15.8. The summed E-state index contributed by atoms with van der Waals surface area (Å²) in [6.45, 7) is 5.15. The van der Waals surface area contributed by atoms with E-state index in [4.69, 9.17) is 0 Å². The molecule has 0 unspecified atom stereocenters. The van der Waals surface area contributed by atoms with E-state index in [1.807, 2.05) is 53.4 Å². The Morgan fingerprint density at radius 3 is 2.52 bits per heavy atom. The van der Waals surface area contributed by atoms with Crippen LogP contribution in [0.25, 0.3) is 11.1 Å². The summed E-state index contributed by atoms with van der Waals surface area (Å²) < 4.78 is 0. The molecule has 0 radical (unpaired) electrons. The first-order chi connectivity index (χ1) is 13.2. The van der Waals surface area contributed by atoms with E-state index in [9.17, 15) is 10.1 Å². The van der Waals surface area contributed by atoms with Crippen LogP contribution in [0.3, 0.4) is 0 Å². The molecule has 27 heavy (non-hydrogen) atoms. The van der Waals surface area contributed by atoms with Gasteiger partial charge in [0.1, 0.15) is 0 Å². The monoisotopic (exact) mass is 359 g/mol. The number of hydrogen-bond acceptors (Lipinski definition) is 3. The summed E-state index contributed by atoms with van der Waals surface area (Å²) in [5, 5.41) is 9.27. The minimum Gasteiger partial charge on any atom is -0.335 e. The number of likely N-dealkylation sites (tertiary alicyclic amines) is 2. The van der Waals surface area contributed by atoms with Gasteiger partial charge >= 0.3 is 0 Å². The second kappa shape index (κ2) is 7.54. The Kier molecular flexibility index (Phi) is 4.96. The van der Waals surface area contributed by atoms with Crippen molar-refractivity contribution in [3.63, 3.8) is 0 Å². The predicted octanol–water partition coefficient (Wildman–Crippen LogP) is 3.92. The third kappa shape index (κ3) is 3.48. The van der Waals surface area contributed by atoms with Gasteiger partial charge in [-0.05, 0) is 55.6 Å². The Labute approximate surface area is 161 Å². The van der Waals surface area contributed by atoms with E-state index < -0.39 is 0 Å². The second-order valence-corrected chi connectivity index (χ2v) is 7.68. The van der Waals surface area contributed by atoms with Crippen LogP contribution in [0.2, 0.25) is 0 Å². The highest BCUT2D eigenvalue weighted by molar-refractivity contribution is 5.95. The van der Waals surface area contributed by atoms with Crippen LogP contribution >= 0.6 is 0 Å². The first-order valence-electron chi connectivity index (χ1n) is 9.82. The van der Waals surface area contributed by atoms with Gasteiger partial charge in [0, 0.05) is 30.7 Å². The molecule has 0 aliphatic carbocycles. The fourth-order valence-corrected chi connectivity index (χ4v) is 4.30. The van der Waals surface area contributed by atoms with E-state index in [-0.39, 0.29) is 5.91 Å². The number of amides is 1. The number of nitrogens with zero attached hydrogens (tertiary/aromatic N) is 3. The van der Waals surface area contributed by atoms with Crippen LogP contribution in [0.5, 0.6) is 0 Å². The second-order valence-electron chi connectivity index (χ2n) is 7.68. The average molecular weight is 359 g/mol. The van der Waals surface area contributed by atoms with Crippen LogP contribution in [0.4, 0.5) is 0 Å². The molecule has 4 nitrogen and oxygen atoms in total. The summed E-state index contributed by atoms with van der Waals surface area (Å²) in [6, 6.07) is 18.6. The van der Waals surface area contributed by atoms with Crippen molar-refractivity contribution in [3.05, 3.63) is 59.7 Å². The quantitative estimate of drug-likeness (QED) is 0.834. The van der Waals surface area contributed by atoms with Gasteiger partial charge in [-0.25, -0.2) is 0 Å². The highest BCUT2D eigenvalue weighted by Gasteiger charge is 2.37. The molecule has 0 saturated carbocycles. The van der Waals surface area contributed by atoms with Gasteiger partial charge in [0.15, 0.2) is 0 Å². The third-order valence-corrected chi connectivity index (χ3v) is 5.96. The zero-order chi connectivity index (χ0) is 18.8. The molecule has 2 fully saturated rings. The van der Waals surface area contributed by atoms with Gasteiger partial charge in [-0.3, -0.25) is 9.69 Å². The van der Waals surface area contributed by atoms with Gasteiger partial charge in [0.05, 0.1) is 11.6 Å². The molecule has 1 atom stereocenters. The van der Waals surface area contributed by atoms with Crippen LogP contribution in [-0.4, -0.2) is 47.4 Å². The number of carbonyl (C=O) groups excluding carboxylic acids is 1. The van der Waals surface area contributed by atoms with Crippen molar-refractivity contribution in [2.75, 3.05) is 19.6 Å². The largest absolute Gasteiger partial charge is 0.335 e. The van der Waals surface area contributed by atoms with Gasteiger partial charge in [0.25, 0.3) is 5.91 Å².